The summed E-state index contributed by atoms with van der Waals surface area (Å²) in [6, 6.07) is 9.29. The van der Waals surface area contributed by atoms with Crippen LogP contribution in [0.25, 0.3) is 0 Å². The smallest absolute Gasteiger partial charge is 0.0180 e. The van der Waals surface area contributed by atoms with E-state index < -0.39 is 0 Å². The Morgan fingerprint density at radius 2 is 2.00 bits per heavy atom. The average molecular weight is 230 g/mol. The van der Waals surface area contributed by atoms with Crippen molar-refractivity contribution in [3.05, 3.63) is 48.0 Å². The van der Waals surface area contributed by atoms with Crippen molar-refractivity contribution in [3.63, 3.8) is 0 Å². The van der Waals surface area contributed by atoms with Gasteiger partial charge in [-0.1, -0.05) is 30.3 Å². The van der Waals surface area contributed by atoms with Gasteiger partial charge in [0, 0.05) is 25.7 Å². The summed E-state index contributed by atoms with van der Waals surface area (Å²) in [6.45, 7) is 6.61. The van der Waals surface area contributed by atoms with Gasteiger partial charge < -0.3 is 5.73 Å². The molecule has 2 rings (SSSR count). The highest BCUT2D eigenvalue weighted by atomic mass is 15.2. The Morgan fingerprint density at radius 1 is 1.29 bits per heavy atom. The van der Waals surface area contributed by atoms with Crippen LogP contribution in [0.5, 0.6) is 0 Å². The van der Waals surface area contributed by atoms with Gasteiger partial charge in [-0.05, 0) is 30.4 Å². The maximum Gasteiger partial charge on any atom is 0.0180 e. The van der Waals surface area contributed by atoms with Crippen LogP contribution in [0.4, 0.5) is 0 Å². The molecule has 1 fully saturated rings. The molecule has 0 saturated heterocycles. The molecular formula is C15H22N2. The highest BCUT2D eigenvalue weighted by Gasteiger charge is 2.27. The van der Waals surface area contributed by atoms with Gasteiger partial charge in [-0.15, -0.1) is 6.58 Å². The van der Waals surface area contributed by atoms with Gasteiger partial charge in [-0.2, -0.15) is 0 Å². The first kappa shape index (κ1) is 12.3. The number of hydrogen-bond donors (Lipinski definition) is 1. The fourth-order valence-corrected chi connectivity index (χ4v) is 2.29. The minimum atomic E-state index is 0.640. The summed E-state index contributed by atoms with van der Waals surface area (Å²) in [7, 11) is 0. The lowest BCUT2D eigenvalue weighted by Gasteiger charge is -2.20. The molecule has 2 heteroatoms. The van der Waals surface area contributed by atoms with Gasteiger partial charge in [0.15, 0.2) is 0 Å². The standard InChI is InChI=1S/C15H22N2/c1-2-10-17(15-7-8-15)11-9-13-5-3-4-6-14(13)12-16/h2-6,15H,1,7-12,16H2. The summed E-state index contributed by atoms with van der Waals surface area (Å²) in [4.78, 5) is 2.53. The Morgan fingerprint density at radius 3 is 2.59 bits per heavy atom. The monoisotopic (exact) mass is 230 g/mol. The predicted molar refractivity (Wildman–Crippen MR) is 72.8 cm³/mol. The molecule has 1 aromatic rings. The molecule has 1 aliphatic rings. The largest absolute Gasteiger partial charge is 0.326 e. The molecule has 92 valence electrons. The molecule has 0 bridgehead atoms. The first-order valence-corrected chi connectivity index (χ1v) is 6.47. The molecule has 0 spiro atoms. The van der Waals surface area contributed by atoms with E-state index in [0.717, 1.165) is 25.6 Å². The molecule has 0 aliphatic heterocycles. The molecule has 0 radical (unpaired) electrons. The van der Waals surface area contributed by atoms with E-state index in [-0.39, 0.29) is 0 Å². The summed E-state index contributed by atoms with van der Waals surface area (Å²) in [6.07, 6.45) is 5.81. The highest BCUT2D eigenvalue weighted by molar-refractivity contribution is 5.27. The van der Waals surface area contributed by atoms with Gasteiger partial charge in [0.2, 0.25) is 0 Å². The van der Waals surface area contributed by atoms with Gasteiger partial charge in [0.05, 0.1) is 0 Å². The molecule has 0 amide bonds. The molecule has 2 nitrogen and oxygen atoms in total. The van der Waals surface area contributed by atoms with E-state index in [9.17, 15) is 0 Å². The summed E-state index contributed by atoms with van der Waals surface area (Å²) >= 11 is 0. The first-order chi connectivity index (χ1) is 8.35. The quantitative estimate of drug-likeness (QED) is 0.728. The van der Waals surface area contributed by atoms with E-state index in [1.807, 2.05) is 6.08 Å². The van der Waals surface area contributed by atoms with E-state index >= 15 is 0 Å². The molecule has 1 aromatic carbocycles. The lowest BCUT2D eigenvalue weighted by Crippen LogP contribution is -2.28. The fraction of sp³-hybridized carbons (Fsp3) is 0.467. The van der Waals surface area contributed by atoms with Crippen LogP contribution in [-0.2, 0) is 13.0 Å². The summed E-state index contributed by atoms with van der Waals surface area (Å²) in [5.41, 5.74) is 8.43. The maximum absolute atomic E-state index is 5.76. The van der Waals surface area contributed by atoms with E-state index in [1.165, 1.54) is 24.0 Å². The normalized spacial score (nSPS) is 15.2. The molecule has 2 N–H and O–H groups in total. The van der Waals surface area contributed by atoms with Crippen LogP contribution >= 0.6 is 0 Å². The van der Waals surface area contributed by atoms with E-state index in [1.54, 1.807) is 0 Å². The van der Waals surface area contributed by atoms with Crippen molar-refractivity contribution in [2.45, 2.75) is 31.8 Å². The number of nitrogens with zero attached hydrogens (tertiary/aromatic N) is 1. The fourth-order valence-electron chi connectivity index (χ4n) is 2.29. The van der Waals surface area contributed by atoms with Gasteiger partial charge in [-0.3, -0.25) is 4.90 Å². The van der Waals surface area contributed by atoms with Crippen molar-refractivity contribution >= 4 is 0 Å². The van der Waals surface area contributed by atoms with Gasteiger partial charge in [0.1, 0.15) is 0 Å². The number of hydrogen-bond acceptors (Lipinski definition) is 2. The zero-order valence-electron chi connectivity index (χ0n) is 10.4. The maximum atomic E-state index is 5.76. The molecule has 0 aromatic heterocycles. The van der Waals surface area contributed by atoms with Gasteiger partial charge in [-0.25, -0.2) is 0 Å². The van der Waals surface area contributed by atoms with Crippen molar-refractivity contribution in [2.75, 3.05) is 13.1 Å². The Balaban J connectivity index is 1.93. The Kier molecular flexibility index (Phi) is 4.35. The molecule has 0 heterocycles. The molecule has 17 heavy (non-hydrogen) atoms. The van der Waals surface area contributed by atoms with Crippen LogP contribution in [-0.4, -0.2) is 24.0 Å². The number of rotatable bonds is 7. The Hall–Kier alpha value is -1.12. The Bertz CT molecular complexity index is 369. The number of benzene rings is 1. The molecule has 0 unspecified atom stereocenters. The second-order valence-corrected chi connectivity index (χ2v) is 4.74. The SMILES string of the molecule is C=CCN(CCc1ccccc1CN)C1CC1. The highest BCUT2D eigenvalue weighted by Crippen LogP contribution is 2.26. The molecule has 0 atom stereocenters. The van der Waals surface area contributed by atoms with Crippen molar-refractivity contribution < 1.29 is 0 Å². The van der Waals surface area contributed by atoms with Crippen LogP contribution in [0.1, 0.15) is 24.0 Å². The molecular weight excluding hydrogens is 208 g/mol. The van der Waals surface area contributed by atoms with Crippen molar-refractivity contribution in [2.24, 2.45) is 5.73 Å². The number of nitrogens with two attached hydrogens (primary N) is 1. The zero-order chi connectivity index (χ0) is 12.1. The van der Waals surface area contributed by atoms with E-state index in [0.29, 0.717) is 6.54 Å². The summed E-state index contributed by atoms with van der Waals surface area (Å²) in [5, 5.41) is 0. The van der Waals surface area contributed by atoms with Crippen molar-refractivity contribution in [1.82, 2.24) is 4.90 Å². The molecule has 1 saturated carbocycles. The predicted octanol–water partition coefficient (Wildman–Crippen LogP) is 2.34. The first-order valence-electron chi connectivity index (χ1n) is 6.47. The summed E-state index contributed by atoms with van der Waals surface area (Å²) in [5.74, 6) is 0. The van der Waals surface area contributed by atoms with Crippen molar-refractivity contribution in [3.8, 4) is 0 Å². The van der Waals surface area contributed by atoms with Crippen molar-refractivity contribution in [1.29, 1.82) is 0 Å². The lowest BCUT2D eigenvalue weighted by atomic mass is 10.0. The minimum Gasteiger partial charge on any atom is -0.326 e. The zero-order valence-corrected chi connectivity index (χ0v) is 10.4. The van der Waals surface area contributed by atoms with Gasteiger partial charge >= 0.3 is 0 Å². The van der Waals surface area contributed by atoms with Gasteiger partial charge in [0.25, 0.3) is 0 Å². The minimum absolute atomic E-state index is 0.640. The van der Waals surface area contributed by atoms with Crippen LogP contribution in [0.3, 0.4) is 0 Å². The third kappa shape index (κ3) is 3.42. The topological polar surface area (TPSA) is 29.3 Å². The molecule has 1 aliphatic carbocycles. The Labute approximate surface area is 104 Å². The third-order valence-electron chi connectivity index (χ3n) is 3.43. The van der Waals surface area contributed by atoms with Crippen LogP contribution in [0.15, 0.2) is 36.9 Å². The second-order valence-electron chi connectivity index (χ2n) is 4.74. The summed E-state index contributed by atoms with van der Waals surface area (Å²) < 4.78 is 0. The van der Waals surface area contributed by atoms with E-state index in [4.69, 9.17) is 5.73 Å². The van der Waals surface area contributed by atoms with Crippen LogP contribution < -0.4 is 5.73 Å². The van der Waals surface area contributed by atoms with E-state index in [2.05, 4.69) is 35.7 Å². The second kappa shape index (κ2) is 5.99. The van der Waals surface area contributed by atoms with Crippen LogP contribution in [0, 0.1) is 0 Å². The third-order valence-corrected chi connectivity index (χ3v) is 3.43. The van der Waals surface area contributed by atoms with Crippen LogP contribution in [0.2, 0.25) is 0 Å². The average Bonchev–Trinajstić information content (AvgIpc) is 3.19. The lowest BCUT2D eigenvalue weighted by molar-refractivity contribution is 0.296.